The molecular formula is C15H21NOS. The van der Waals surface area contributed by atoms with Crippen LogP contribution in [0.4, 0.5) is 0 Å². The zero-order valence-electron chi connectivity index (χ0n) is 10.8. The third kappa shape index (κ3) is 3.01. The molecule has 0 spiro atoms. The van der Waals surface area contributed by atoms with E-state index in [4.69, 9.17) is 4.74 Å². The van der Waals surface area contributed by atoms with Crippen LogP contribution in [0.25, 0.3) is 0 Å². The molecule has 2 aliphatic heterocycles. The van der Waals surface area contributed by atoms with Crippen LogP contribution >= 0.6 is 11.8 Å². The molecule has 98 valence electrons. The minimum Gasteiger partial charge on any atom is -0.493 e. The Morgan fingerprint density at radius 1 is 1.28 bits per heavy atom. The second-order valence-corrected chi connectivity index (χ2v) is 6.36. The van der Waals surface area contributed by atoms with Crippen molar-refractivity contribution >= 4 is 11.8 Å². The first-order valence-corrected chi connectivity index (χ1v) is 8.13. The molecule has 0 unspecified atom stereocenters. The predicted octanol–water partition coefficient (Wildman–Crippen LogP) is 2.65. The number of nitrogens with one attached hydrogen (secondary N) is 1. The molecule has 0 bridgehead atoms. The van der Waals surface area contributed by atoms with E-state index in [9.17, 15) is 0 Å². The van der Waals surface area contributed by atoms with E-state index >= 15 is 0 Å². The molecule has 0 aliphatic carbocycles. The summed E-state index contributed by atoms with van der Waals surface area (Å²) in [7, 11) is 0. The molecule has 2 nitrogen and oxygen atoms in total. The molecular weight excluding hydrogens is 242 g/mol. The predicted molar refractivity (Wildman–Crippen MR) is 77.7 cm³/mol. The van der Waals surface area contributed by atoms with Crippen molar-refractivity contribution < 1.29 is 4.74 Å². The van der Waals surface area contributed by atoms with Crippen LogP contribution in [-0.4, -0.2) is 30.7 Å². The summed E-state index contributed by atoms with van der Waals surface area (Å²) < 4.78 is 5.54. The van der Waals surface area contributed by atoms with E-state index in [-0.39, 0.29) is 0 Å². The molecule has 1 aromatic carbocycles. The van der Waals surface area contributed by atoms with E-state index in [1.165, 1.54) is 35.5 Å². The molecule has 1 N–H and O–H groups in total. The molecule has 18 heavy (non-hydrogen) atoms. The Bertz CT molecular complexity index is 401. The Balaban J connectivity index is 1.48. The summed E-state index contributed by atoms with van der Waals surface area (Å²) in [6, 6.07) is 7.42. The average molecular weight is 263 g/mol. The van der Waals surface area contributed by atoms with Crippen LogP contribution in [0.2, 0.25) is 0 Å². The molecule has 1 aromatic rings. The van der Waals surface area contributed by atoms with E-state index in [2.05, 4.69) is 35.3 Å². The molecule has 2 aliphatic rings. The lowest BCUT2D eigenvalue weighted by Gasteiger charge is -2.22. The van der Waals surface area contributed by atoms with Gasteiger partial charge in [0.1, 0.15) is 5.75 Å². The van der Waals surface area contributed by atoms with Crippen molar-refractivity contribution in [2.45, 2.75) is 31.7 Å². The molecule has 1 fully saturated rings. The standard InChI is InChI=1S/C15H21NOS/c1-2-15-13(4-8-17-15)11-12(1)3-7-16-14-5-9-18-10-6-14/h1-2,11,14,16H,3-10H2. The van der Waals surface area contributed by atoms with Crippen molar-refractivity contribution in [1.29, 1.82) is 0 Å². The van der Waals surface area contributed by atoms with Crippen LogP contribution in [0.1, 0.15) is 24.0 Å². The van der Waals surface area contributed by atoms with Gasteiger partial charge in [-0.05, 0) is 54.5 Å². The Kier molecular flexibility index (Phi) is 4.11. The first kappa shape index (κ1) is 12.4. The van der Waals surface area contributed by atoms with Crippen LogP contribution in [0.5, 0.6) is 5.75 Å². The molecule has 0 amide bonds. The highest BCUT2D eigenvalue weighted by Gasteiger charge is 2.14. The van der Waals surface area contributed by atoms with Crippen LogP contribution < -0.4 is 10.1 Å². The first-order chi connectivity index (χ1) is 8.92. The minimum absolute atomic E-state index is 0.754. The van der Waals surface area contributed by atoms with Crippen molar-refractivity contribution in [3.05, 3.63) is 29.3 Å². The van der Waals surface area contributed by atoms with E-state index in [0.29, 0.717) is 0 Å². The van der Waals surface area contributed by atoms with E-state index < -0.39 is 0 Å². The summed E-state index contributed by atoms with van der Waals surface area (Å²) in [4.78, 5) is 0. The number of benzene rings is 1. The zero-order valence-corrected chi connectivity index (χ0v) is 11.6. The van der Waals surface area contributed by atoms with Gasteiger partial charge in [-0.15, -0.1) is 0 Å². The van der Waals surface area contributed by atoms with E-state index in [1.54, 1.807) is 0 Å². The Morgan fingerprint density at radius 2 is 2.17 bits per heavy atom. The molecule has 0 saturated carbocycles. The van der Waals surface area contributed by atoms with Crippen molar-refractivity contribution in [2.24, 2.45) is 0 Å². The van der Waals surface area contributed by atoms with Gasteiger partial charge in [0.25, 0.3) is 0 Å². The van der Waals surface area contributed by atoms with E-state index in [1.807, 2.05) is 0 Å². The zero-order chi connectivity index (χ0) is 12.2. The monoisotopic (exact) mass is 263 g/mol. The van der Waals surface area contributed by atoms with Gasteiger partial charge in [0.15, 0.2) is 0 Å². The fraction of sp³-hybridized carbons (Fsp3) is 0.600. The highest BCUT2D eigenvalue weighted by molar-refractivity contribution is 7.99. The van der Waals surface area contributed by atoms with Gasteiger partial charge in [-0.2, -0.15) is 11.8 Å². The maximum atomic E-state index is 5.54. The highest BCUT2D eigenvalue weighted by Crippen LogP contribution is 2.26. The molecule has 2 heterocycles. The lowest BCUT2D eigenvalue weighted by molar-refractivity contribution is 0.357. The van der Waals surface area contributed by atoms with Crippen molar-refractivity contribution in [1.82, 2.24) is 5.32 Å². The third-order valence-electron chi connectivity index (χ3n) is 3.82. The van der Waals surface area contributed by atoms with Crippen LogP contribution in [0, 0.1) is 0 Å². The average Bonchev–Trinajstić information content (AvgIpc) is 2.87. The van der Waals surface area contributed by atoms with Gasteiger partial charge in [0.05, 0.1) is 6.61 Å². The molecule has 3 rings (SSSR count). The molecule has 0 aromatic heterocycles. The van der Waals surface area contributed by atoms with Crippen molar-refractivity contribution in [3.8, 4) is 5.75 Å². The topological polar surface area (TPSA) is 21.3 Å². The van der Waals surface area contributed by atoms with Crippen molar-refractivity contribution in [3.63, 3.8) is 0 Å². The number of rotatable bonds is 4. The summed E-state index contributed by atoms with van der Waals surface area (Å²) in [5, 5.41) is 3.69. The maximum Gasteiger partial charge on any atom is 0.122 e. The number of hydrogen-bond donors (Lipinski definition) is 1. The highest BCUT2D eigenvalue weighted by atomic mass is 32.2. The van der Waals surface area contributed by atoms with Crippen molar-refractivity contribution in [2.75, 3.05) is 24.7 Å². The Morgan fingerprint density at radius 3 is 3.06 bits per heavy atom. The largest absolute Gasteiger partial charge is 0.493 e. The first-order valence-electron chi connectivity index (χ1n) is 6.97. The minimum atomic E-state index is 0.754. The summed E-state index contributed by atoms with van der Waals surface area (Å²) in [6.07, 6.45) is 4.89. The smallest absolute Gasteiger partial charge is 0.122 e. The number of thioether (sulfide) groups is 1. The third-order valence-corrected chi connectivity index (χ3v) is 4.87. The summed E-state index contributed by atoms with van der Waals surface area (Å²) in [5.41, 5.74) is 2.83. The summed E-state index contributed by atoms with van der Waals surface area (Å²) >= 11 is 2.09. The van der Waals surface area contributed by atoms with E-state index in [0.717, 1.165) is 37.8 Å². The van der Waals surface area contributed by atoms with Gasteiger partial charge in [0.2, 0.25) is 0 Å². The maximum absolute atomic E-state index is 5.54. The summed E-state index contributed by atoms with van der Waals surface area (Å²) in [6.45, 7) is 1.96. The molecule has 3 heteroatoms. The van der Waals surface area contributed by atoms with Crippen LogP contribution in [0.3, 0.4) is 0 Å². The molecule has 1 saturated heterocycles. The van der Waals surface area contributed by atoms with Gasteiger partial charge in [-0.25, -0.2) is 0 Å². The number of ether oxygens (including phenoxy) is 1. The van der Waals surface area contributed by atoms with Gasteiger partial charge in [-0.3, -0.25) is 0 Å². The second-order valence-electron chi connectivity index (χ2n) is 5.13. The Labute approximate surface area is 113 Å². The van der Waals surface area contributed by atoms with Gasteiger partial charge in [-0.1, -0.05) is 12.1 Å². The fourth-order valence-corrected chi connectivity index (χ4v) is 3.82. The Hall–Kier alpha value is -0.670. The second kappa shape index (κ2) is 5.98. The normalized spacial score (nSPS) is 19.6. The van der Waals surface area contributed by atoms with Gasteiger partial charge in [0, 0.05) is 12.5 Å². The molecule has 0 atom stereocenters. The number of hydrogen-bond acceptors (Lipinski definition) is 3. The number of fused-ring (bicyclic) bond motifs is 1. The molecule has 0 radical (unpaired) electrons. The summed E-state index contributed by atoms with van der Waals surface area (Å²) in [5.74, 6) is 3.75. The quantitative estimate of drug-likeness (QED) is 0.902. The van der Waals surface area contributed by atoms with Crippen LogP contribution in [-0.2, 0) is 12.8 Å². The fourth-order valence-electron chi connectivity index (χ4n) is 2.72. The van der Waals surface area contributed by atoms with Gasteiger partial charge < -0.3 is 10.1 Å². The van der Waals surface area contributed by atoms with Crippen LogP contribution in [0.15, 0.2) is 18.2 Å². The SMILES string of the molecule is c1cc2c(cc1CCNC1CCSCC1)CCO2. The lowest BCUT2D eigenvalue weighted by Crippen LogP contribution is -2.33. The van der Waals surface area contributed by atoms with Gasteiger partial charge >= 0.3 is 0 Å². The lowest BCUT2D eigenvalue weighted by atomic mass is 10.1.